The van der Waals surface area contributed by atoms with Crippen molar-refractivity contribution < 1.29 is 4.79 Å². The van der Waals surface area contributed by atoms with E-state index in [1.165, 1.54) is 5.56 Å². The van der Waals surface area contributed by atoms with Crippen LogP contribution in [-0.2, 0) is 0 Å². The smallest absolute Gasteiger partial charge is 0.257 e. The van der Waals surface area contributed by atoms with Gasteiger partial charge in [-0.3, -0.25) is 4.79 Å². The second-order valence-corrected chi connectivity index (χ2v) is 5.90. The number of rotatable bonds is 3. The summed E-state index contributed by atoms with van der Waals surface area (Å²) in [5.41, 5.74) is 3.76. The lowest BCUT2D eigenvalue weighted by Gasteiger charge is -2.28. The first-order valence-corrected chi connectivity index (χ1v) is 7.94. The molecule has 0 spiro atoms. The summed E-state index contributed by atoms with van der Waals surface area (Å²) < 4.78 is 0. The second-order valence-electron chi connectivity index (χ2n) is 5.90. The predicted octanol–water partition coefficient (Wildman–Crippen LogP) is 2.36. The molecule has 1 aliphatic rings. The van der Waals surface area contributed by atoms with E-state index in [4.69, 9.17) is 0 Å². The third-order valence-corrected chi connectivity index (χ3v) is 4.22. The first-order chi connectivity index (χ1) is 11.1. The van der Waals surface area contributed by atoms with Gasteiger partial charge in [0.15, 0.2) is 0 Å². The number of hydrogen-bond acceptors (Lipinski definition) is 4. The molecule has 1 amide bonds. The Balaban J connectivity index is 1.68. The summed E-state index contributed by atoms with van der Waals surface area (Å²) in [6.45, 7) is 7.92. The number of aryl methyl sites for hydroxylation is 2. The van der Waals surface area contributed by atoms with Crippen LogP contribution in [0.25, 0.3) is 0 Å². The topological polar surface area (TPSA) is 57.3 Å². The number of nitrogens with zero attached hydrogens (tertiary/aromatic N) is 2. The van der Waals surface area contributed by atoms with Gasteiger partial charge in [-0.1, -0.05) is 6.07 Å². The van der Waals surface area contributed by atoms with Gasteiger partial charge in [-0.2, -0.15) is 0 Å². The molecule has 2 heterocycles. The summed E-state index contributed by atoms with van der Waals surface area (Å²) in [5.74, 6) is 0.793. The molecule has 23 heavy (non-hydrogen) atoms. The molecule has 0 bridgehead atoms. The summed E-state index contributed by atoms with van der Waals surface area (Å²) in [6.07, 6.45) is 1.65. The molecule has 120 valence electrons. The maximum atomic E-state index is 12.3. The summed E-state index contributed by atoms with van der Waals surface area (Å²) in [4.78, 5) is 19.0. The minimum atomic E-state index is -0.132. The summed E-state index contributed by atoms with van der Waals surface area (Å²) in [6, 6.07) is 9.66. The molecular weight excluding hydrogens is 288 g/mol. The highest BCUT2D eigenvalue weighted by Crippen LogP contribution is 2.16. The molecule has 0 saturated carbocycles. The predicted molar refractivity (Wildman–Crippen MR) is 93.2 cm³/mol. The Hall–Kier alpha value is -2.40. The number of piperazine rings is 1. The number of carbonyl (C=O) groups excluding carboxylic acids is 1. The molecule has 2 N–H and O–H groups in total. The fourth-order valence-electron chi connectivity index (χ4n) is 2.62. The van der Waals surface area contributed by atoms with Crippen molar-refractivity contribution in [2.75, 3.05) is 36.4 Å². The van der Waals surface area contributed by atoms with Crippen LogP contribution in [0.4, 0.5) is 11.5 Å². The van der Waals surface area contributed by atoms with E-state index >= 15 is 0 Å². The number of benzene rings is 1. The lowest BCUT2D eigenvalue weighted by Crippen LogP contribution is -2.43. The largest absolute Gasteiger partial charge is 0.354 e. The summed E-state index contributed by atoms with van der Waals surface area (Å²) >= 11 is 0. The van der Waals surface area contributed by atoms with E-state index in [-0.39, 0.29) is 5.91 Å². The van der Waals surface area contributed by atoms with Crippen molar-refractivity contribution in [3.8, 4) is 0 Å². The normalized spacial score (nSPS) is 14.6. The Morgan fingerprint density at radius 1 is 1.13 bits per heavy atom. The molecule has 5 heteroatoms. The fraction of sp³-hybridized carbons (Fsp3) is 0.333. The highest BCUT2D eigenvalue weighted by Gasteiger charge is 2.13. The van der Waals surface area contributed by atoms with E-state index in [0.717, 1.165) is 43.2 Å². The fourth-order valence-corrected chi connectivity index (χ4v) is 2.62. The third-order valence-electron chi connectivity index (χ3n) is 4.22. The van der Waals surface area contributed by atoms with Crippen LogP contribution in [0.3, 0.4) is 0 Å². The van der Waals surface area contributed by atoms with Crippen LogP contribution < -0.4 is 15.5 Å². The van der Waals surface area contributed by atoms with Crippen molar-refractivity contribution in [2.24, 2.45) is 0 Å². The Bertz CT molecular complexity index is 691. The van der Waals surface area contributed by atoms with Crippen LogP contribution >= 0.6 is 0 Å². The van der Waals surface area contributed by atoms with Crippen LogP contribution in [0.1, 0.15) is 21.5 Å². The van der Waals surface area contributed by atoms with Gasteiger partial charge in [0, 0.05) is 38.1 Å². The molecule has 0 radical (unpaired) electrons. The SMILES string of the molecule is Cc1ccc(NC(=O)c2ccc(N3CCNCC3)nc2)cc1C. The first-order valence-electron chi connectivity index (χ1n) is 7.94. The monoisotopic (exact) mass is 310 g/mol. The first kappa shape index (κ1) is 15.5. The molecule has 1 aliphatic heterocycles. The minimum absolute atomic E-state index is 0.132. The second kappa shape index (κ2) is 6.79. The molecule has 0 unspecified atom stereocenters. The molecule has 5 nitrogen and oxygen atoms in total. The van der Waals surface area contributed by atoms with Crippen LogP contribution in [0.2, 0.25) is 0 Å². The Labute approximate surface area is 136 Å². The van der Waals surface area contributed by atoms with Crippen molar-refractivity contribution in [3.05, 3.63) is 53.2 Å². The van der Waals surface area contributed by atoms with Gasteiger partial charge in [0.1, 0.15) is 5.82 Å². The number of carbonyl (C=O) groups is 1. The molecule has 2 aromatic rings. The molecule has 1 aromatic heterocycles. The van der Waals surface area contributed by atoms with Crippen molar-refractivity contribution in [2.45, 2.75) is 13.8 Å². The molecule has 1 fully saturated rings. The van der Waals surface area contributed by atoms with Gasteiger partial charge < -0.3 is 15.5 Å². The number of aromatic nitrogens is 1. The quantitative estimate of drug-likeness (QED) is 0.914. The van der Waals surface area contributed by atoms with E-state index in [2.05, 4.69) is 27.4 Å². The molecular formula is C18H22N4O. The third kappa shape index (κ3) is 3.68. The van der Waals surface area contributed by atoms with E-state index in [1.54, 1.807) is 6.20 Å². The zero-order chi connectivity index (χ0) is 16.2. The van der Waals surface area contributed by atoms with E-state index in [0.29, 0.717) is 5.56 Å². The Morgan fingerprint density at radius 3 is 2.57 bits per heavy atom. The van der Waals surface area contributed by atoms with Crippen LogP contribution in [-0.4, -0.2) is 37.1 Å². The van der Waals surface area contributed by atoms with Crippen LogP contribution in [0, 0.1) is 13.8 Å². The molecule has 1 saturated heterocycles. The molecule has 3 rings (SSSR count). The molecule has 0 atom stereocenters. The molecule has 1 aromatic carbocycles. The average Bonchev–Trinajstić information content (AvgIpc) is 2.59. The van der Waals surface area contributed by atoms with Gasteiger partial charge in [0.2, 0.25) is 0 Å². The van der Waals surface area contributed by atoms with Gasteiger partial charge in [-0.15, -0.1) is 0 Å². The van der Waals surface area contributed by atoms with E-state index in [9.17, 15) is 4.79 Å². The van der Waals surface area contributed by atoms with Gasteiger partial charge in [0.05, 0.1) is 5.56 Å². The van der Waals surface area contributed by atoms with Crippen molar-refractivity contribution in [3.63, 3.8) is 0 Å². The zero-order valence-corrected chi connectivity index (χ0v) is 13.6. The minimum Gasteiger partial charge on any atom is -0.354 e. The van der Waals surface area contributed by atoms with Crippen LogP contribution in [0.5, 0.6) is 0 Å². The highest BCUT2D eigenvalue weighted by atomic mass is 16.1. The van der Waals surface area contributed by atoms with E-state index in [1.807, 2.05) is 37.3 Å². The lowest BCUT2D eigenvalue weighted by atomic mass is 10.1. The number of nitrogens with one attached hydrogen (secondary N) is 2. The standard InChI is InChI=1S/C18H22N4O/c1-13-3-5-16(11-14(13)2)21-18(23)15-4-6-17(20-12-15)22-9-7-19-8-10-22/h3-6,11-12,19H,7-10H2,1-2H3,(H,21,23). The van der Waals surface area contributed by atoms with Gasteiger partial charge >= 0.3 is 0 Å². The highest BCUT2D eigenvalue weighted by molar-refractivity contribution is 6.04. The maximum Gasteiger partial charge on any atom is 0.257 e. The number of anilines is 2. The van der Waals surface area contributed by atoms with Crippen molar-refractivity contribution in [1.29, 1.82) is 0 Å². The number of hydrogen-bond donors (Lipinski definition) is 2. The number of pyridine rings is 1. The van der Waals surface area contributed by atoms with Gasteiger partial charge in [0.25, 0.3) is 5.91 Å². The zero-order valence-electron chi connectivity index (χ0n) is 13.6. The maximum absolute atomic E-state index is 12.3. The van der Waals surface area contributed by atoms with E-state index < -0.39 is 0 Å². The summed E-state index contributed by atoms with van der Waals surface area (Å²) in [7, 11) is 0. The average molecular weight is 310 g/mol. The molecule has 0 aliphatic carbocycles. The van der Waals surface area contributed by atoms with Gasteiger partial charge in [-0.05, 0) is 49.2 Å². The van der Waals surface area contributed by atoms with Crippen molar-refractivity contribution >= 4 is 17.4 Å². The van der Waals surface area contributed by atoms with Gasteiger partial charge in [-0.25, -0.2) is 4.98 Å². The lowest BCUT2D eigenvalue weighted by molar-refractivity contribution is 0.102. The Morgan fingerprint density at radius 2 is 1.91 bits per heavy atom. The number of amides is 1. The van der Waals surface area contributed by atoms with Crippen molar-refractivity contribution in [1.82, 2.24) is 10.3 Å². The van der Waals surface area contributed by atoms with Crippen LogP contribution in [0.15, 0.2) is 36.5 Å². The summed E-state index contributed by atoms with van der Waals surface area (Å²) in [5, 5.41) is 6.24. The Kier molecular flexibility index (Phi) is 4.57.